The average Bonchev–Trinajstić information content (AvgIpc) is 3.44. The smallest absolute Gasteiger partial charge is 0.252 e. The fraction of sp³-hybridized carbons (Fsp3) is 0.304. The topological polar surface area (TPSA) is 94.5 Å². The second-order valence-electron chi connectivity index (χ2n) is 7.40. The van der Waals surface area contributed by atoms with Gasteiger partial charge in [0.05, 0.1) is 12.9 Å². The molecule has 1 amide bonds. The van der Waals surface area contributed by atoms with Crippen molar-refractivity contribution in [3.05, 3.63) is 82.8 Å². The molecular weight excluding hydrogens is 394 g/mol. The van der Waals surface area contributed by atoms with Gasteiger partial charge in [-0.1, -0.05) is 24.3 Å². The number of hydrogen-bond acceptors (Lipinski definition) is 6. The summed E-state index contributed by atoms with van der Waals surface area (Å²) >= 11 is 0. The summed E-state index contributed by atoms with van der Waals surface area (Å²) in [7, 11) is 0. The van der Waals surface area contributed by atoms with Gasteiger partial charge >= 0.3 is 0 Å². The first-order chi connectivity index (χ1) is 15.1. The zero-order valence-corrected chi connectivity index (χ0v) is 17.7. The molecule has 1 aromatic carbocycles. The van der Waals surface area contributed by atoms with Crippen LogP contribution in [0.3, 0.4) is 0 Å². The number of amides is 1. The van der Waals surface area contributed by atoms with E-state index >= 15 is 0 Å². The highest BCUT2D eigenvalue weighted by atomic mass is 16.5. The third-order valence-electron chi connectivity index (χ3n) is 5.16. The zero-order valence-electron chi connectivity index (χ0n) is 17.7. The second-order valence-corrected chi connectivity index (χ2v) is 7.40. The van der Waals surface area contributed by atoms with Crippen molar-refractivity contribution in [1.82, 2.24) is 24.9 Å². The minimum absolute atomic E-state index is 0.00282. The molecule has 0 aliphatic carbocycles. The Hall–Kier alpha value is -3.52. The molecule has 8 nitrogen and oxygen atoms in total. The van der Waals surface area contributed by atoms with Crippen LogP contribution in [-0.2, 0) is 35.7 Å². The molecule has 0 spiro atoms. The molecular formula is C23H25N5O3. The number of carbonyl (C=O) groups excluding carboxylic acids is 1. The van der Waals surface area contributed by atoms with E-state index in [4.69, 9.17) is 9.15 Å². The fourth-order valence-corrected chi connectivity index (χ4v) is 3.54. The molecule has 0 bridgehead atoms. The molecule has 0 radical (unpaired) electrons. The Morgan fingerprint density at radius 3 is 2.87 bits per heavy atom. The minimum Gasteiger partial charge on any atom is -0.467 e. The Balaban J connectivity index is 1.27. The van der Waals surface area contributed by atoms with E-state index < -0.39 is 0 Å². The molecule has 0 fully saturated rings. The number of rotatable bonds is 9. The molecule has 31 heavy (non-hydrogen) atoms. The Bertz CT molecular complexity index is 1170. The van der Waals surface area contributed by atoms with Gasteiger partial charge in [0.15, 0.2) is 0 Å². The van der Waals surface area contributed by atoms with Crippen LogP contribution in [0.25, 0.3) is 5.78 Å². The third-order valence-corrected chi connectivity index (χ3v) is 5.16. The van der Waals surface area contributed by atoms with Crippen molar-refractivity contribution < 1.29 is 13.9 Å². The third kappa shape index (κ3) is 5.16. The van der Waals surface area contributed by atoms with Crippen LogP contribution in [0.1, 0.15) is 40.3 Å². The lowest BCUT2D eigenvalue weighted by Gasteiger charge is -2.11. The van der Waals surface area contributed by atoms with Gasteiger partial charge in [0.2, 0.25) is 5.91 Å². The van der Waals surface area contributed by atoms with Crippen molar-refractivity contribution in [3.8, 4) is 0 Å². The molecule has 4 rings (SSSR count). The average molecular weight is 419 g/mol. The summed E-state index contributed by atoms with van der Waals surface area (Å²) in [5.41, 5.74) is 4.97. The van der Waals surface area contributed by atoms with Crippen molar-refractivity contribution in [3.63, 3.8) is 0 Å². The molecule has 0 atom stereocenters. The van der Waals surface area contributed by atoms with E-state index in [0.29, 0.717) is 38.4 Å². The Morgan fingerprint density at radius 1 is 1.16 bits per heavy atom. The number of nitrogens with zero attached hydrogens (tertiary/aromatic N) is 4. The number of ether oxygens (including phenoxy) is 1. The van der Waals surface area contributed by atoms with Gasteiger partial charge in [-0.15, -0.1) is 0 Å². The van der Waals surface area contributed by atoms with Gasteiger partial charge in [-0.05, 0) is 49.1 Å². The molecule has 8 heteroatoms. The van der Waals surface area contributed by atoms with E-state index in [-0.39, 0.29) is 5.91 Å². The van der Waals surface area contributed by atoms with Gasteiger partial charge in [0.25, 0.3) is 5.78 Å². The van der Waals surface area contributed by atoms with Crippen molar-refractivity contribution in [1.29, 1.82) is 0 Å². The van der Waals surface area contributed by atoms with Gasteiger partial charge in [-0.3, -0.25) is 4.79 Å². The number of fused-ring (bicyclic) bond motifs is 1. The number of aryl methyl sites for hydroxylation is 2. The summed E-state index contributed by atoms with van der Waals surface area (Å²) in [4.78, 5) is 21.0. The van der Waals surface area contributed by atoms with E-state index in [1.807, 2.05) is 50.2 Å². The van der Waals surface area contributed by atoms with Crippen molar-refractivity contribution in [2.45, 2.75) is 46.4 Å². The van der Waals surface area contributed by atoms with Gasteiger partial charge in [-0.2, -0.15) is 10.1 Å². The van der Waals surface area contributed by atoms with E-state index in [2.05, 4.69) is 20.4 Å². The summed E-state index contributed by atoms with van der Waals surface area (Å²) in [6.45, 7) is 5.31. The maximum atomic E-state index is 12.4. The van der Waals surface area contributed by atoms with Crippen LogP contribution in [0.15, 0.2) is 53.4 Å². The van der Waals surface area contributed by atoms with Gasteiger partial charge in [0, 0.05) is 24.4 Å². The lowest BCUT2D eigenvalue weighted by atomic mass is 10.1. The van der Waals surface area contributed by atoms with Crippen LogP contribution in [-0.4, -0.2) is 25.5 Å². The molecule has 3 aromatic heterocycles. The Morgan fingerprint density at radius 2 is 2.03 bits per heavy atom. The first kappa shape index (κ1) is 20.7. The number of benzene rings is 1. The molecule has 0 saturated heterocycles. The van der Waals surface area contributed by atoms with E-state index in [9.17, 15) is 4.79 Å². The highest BCUT2D eigenvalue weighted by Crippen LogP contribution is 2.15. The van der Waals surface area contributed by atoms with Crippen LogP contribution >= 0.6 is 0 Å². The van der Waals surface area contributed by atoms with Crippen LogP contribution in [0.2, 0.25) is 0 Å². The molecule has 4 aromatic rings. The van der Waals surface area contributed by atoms with Crippen LogP contribution in [0, 0.1) is 13.8 Å². The molecule has 3 heterocycles. The molecule has 1 N–H and O–H groups in total. The SMILES string of the molecule is Cc1nc2ncnn2c(C)c1CCC(=O)NCc1cccc(COCc2ccco2)c1. The summed E-state index contributed by atoms with van der Waals surface area (Å²) in [5, 5.41) is 7.19. The van der Waals surface area contributed by atoms with Gasteiger partial charge < -0.3 is 14.5 Å². The highest BCUT2D eigenvalue weighted by molar-refractivity contribution is 5.76. The van der Waals surface area contributed by atoms with Crippen LogP contribution < -0.4 is 5.32 Å². The number of nitrogens with one attached hydrogen (secondary N) is 1. The number of hydrogen-bond donors (Lipinski definition) is 1. The molecule has 0 aliphatic rings. The molecule has 0 saturated carbocycles. The van der Waals surface area contributed by atoms with Crippen molar-refractivity contribution in [2.24, 2.45) is 0 Å². The number of carbonyl (C=O) groups is 1. The number of furan rings is 1. The Labute approximate surface area is 180 Å². The van der Waals surface area contributed by atoms with Crippen LogP contribution in [0.4, 0.5) is 0 Å². The lowest BCUT2D eigenvalue weighted by molar-refractivity contribution is -0.121. The monoisotopic (exact) mass is 419 g/mol. The minimum atomic E-state index is -0.00282. The lowest BCUT2D eigenvalue weighted by Crippen LogP contribution is -2.23. The van der Waals surface area contributed by atoms with Crippen molar-refractivity contribution >= 4 is 11.7 Å². The number of aromatic nitrogens is 4. The first-order valence-electron chi connectivity index (χ1n) is 10.2. The van der Waals surface area contributed by atoms with E-state index in [1.165, 1.54) is 6.33 Å². The zero-order chi connectivity index (χ0) is 21.6. The van der Waals surface area contributed by atoms with E-state index in [1.54, 1.807) is 10.8 Å². The normalized spacial score (nSPS) is 11.2. The highest BCUT2D eigenvalue weighted by Gasteiger charge is 2.12. The van der Waals surface area contributed by atoms with Gasteiger partial charge in [0.1, 0.15) is 18.7 Å². The standard InChI is InChI=1S/C23H25N5O3/c1-16-21(17(2)28-23(27-16)25-15-26-28)8-9-22(29)24-12-18-5-3-6-19(11-18)13-30-14-20-7-4-10-31-20/h3-7,10-11,15H,8-9,12-14H2,1-2H3,(H,24,29). The second kappa shape index (κ2) is 9.53. The Kier molecular flexibility index (Phi) is 6.37. The molecule has 0 aliphatic heterocycles. The predicted molar refractivity (Wildman–Crippen MR) is 114 cm³/mol. The maximum Gasteiger partial charge on any atom is 0.252 e. The van der Waals surface area contributed by atoms with Crippen LogP contribution in [0.5, 0.6) is 0 Å². The fourth-order valence-electron chi connectivity index (χ4n) is 3.54. The maximum absolute atomic E-state index is 12.4. The largest absolute Gasteiger partial charge is 0.467 e. The quantitative estimate of drug-likeness (QED) is 0.447. The predicted octanol–water partition coefficient (Wildman–Crippen LogP) is 3.30. The van der Waals surface area contributed by atoms with Crippen molar-refractivity contribution in [2.75, 3.05) is 0 Å². The first-order valence-corrected chi connectivity index (χ1v) is 10.2. The molecule has 160 valence electrons. The molecule has 0 unspecified atom stereocenters. The van der Waals surface area contributed by atoms with E-state index in [0.717, 1.165) is 33.8 Å². The van der Waals surface area contributed by atoms with Gasteiger partial charge in [-0.25, -0.2) is 9.50 Å². The summed E-state index contributed by atoms with van der Waals surface area (Å²) in [6.07, 6.45) is 4.11. The summed E-state index contributed by atoms with van der Waals surface area (Å²) in [6, 6.07) is 11.7. The summed E-state index contributed by atoms with van der Waals surface area (Å²) in [5.74, 6) is 1.38. The summed E-state index contributed by atoms with van der Waals surface area (Å²) < 4.78 is 12.7.